The van der Waals surface area contributed by atoms with E-state index in [4.69, 9.17) is 5.73 Å². The number of carbonyl (C=O) groups excluding carboxylic acids is 1. The molecular weight excluding hydrogens is 473 g/mol. The van der Waals surface area contributed by atoms with Crippen molar-refractivity contribution in [3.63, 3.8) is 0 Å². The number of nitrogens with zero attached hydrogens (tertiary/aromatic N) is 5. The summed E-state index contributed by atoms with van der Waals surface area (Å²) in [5, 5.41) is 2.79. The van der Waals surface area contributed by atoms with Gasteiger partial charge in [-0.05, 0) is 12.0 Å². The molecule has 2 aromatic heterocycles. The van der Waals surface area contributed by atoms with E-state index in [1.54, 1.807) is 19.1 Å². The lowest BCUT2D eigenvalue weighted by Crippen LogP contribution is -2.58. The van der Waals surface area contributed by atoms with Gasteiger partial charge in [-0.3, -0.25) is 14.8 Å². The third-order valence-corrected chi connectivity index (χ3v) is 5.53. The second-order valence-electron chi connectivity index (χ2n) is 8.16. The molecule has 0 aliphatic carbocycles. The van der Waals surface area contributed by atoms with Crippen molar-refractivity contribution in [2.24, 2.45) is 16.6 Å². The Balaban J connectivity index is 1.88. The highest BCUT2D eigenvalue weighted by molar-refractivity contribution is 6.18. The lowest BCUT2D eigenvalue weighted by Gasteiger charge is -2.43. The predicted octanol–water partition coefficient (Wildman–Crippen LogP) is 3.25. The van der Waals surface area contributed by atoms with Crippen molar-refractivity contribution in [2.45, 2.75) is 31.5 Å². The summed E-state index contributed by atoms with van der Waals surface area (Å²) in [6.07, 6.45) is 0.681. The van der Waals surface area contributed by atoms with Crippen LogP contribution in [-0.4, -0.2) is 64.1 Å². The molecule has 13 heteroatoms. The van der Waals surface area contributed by atoms with Gasteiger partial charge in [0.25, 0.3) is 11.8 Å². The summed E-state index contributed by atoms with van der Waals surface area (Å²) in [5.74, 6) is -4.62. The molecule has 0 aromatic carbocycles. The number of pyridine rings is 1. The minimum Gasteiger partial charge on any atom is -0.394 e. The zero-order chi connectivity index (χ0) is 25.8. The molecular formula is C22H24F5N7O. The fourth-order valence-corrected chi connectivity index (χ4v) is 3.87. The van der Waals surface area contributed by atoms with E-state index in [2.05, 4.69) is 25.3 Å². The van der Waals surface area contributed by atoms with Gasteiger partial charge in [-0.1, -0.05) is 13.0 Å². The second-order valence-corrected chi connectivity index (χ2v) is 8.16. The lowest BCUT2D eigenvalue weighted by molar-refractivity contribution is -0.148. The minimum atomic E-state index is -4.64. The van der Waals surface area contributed by atoms with Crippen LogP contribution in [0.5, 0.6) is 0 Å². The van der Waals surface area contributed by atoms with E-state index < -0.39 is 48.6 Å². The van der Waals surface area contributed by atoms with Crippen LogP contribution in [0.4, 0.5) is 27.8 Å². The molecule has 3 heterocycles. The minimum absolute atomic E-state index is 0.00705. The van der Waals surface area contributed by atoms with E-state index in [0.717, 1.165) is 11.1 Å². The molecule has 0 radical (unpaired) electrons. The van der Waals surface area contributed by atoms with Gasteiger partial charge in [0.2, 0.25) is 0 Å². The summed E-state index contributed by atoms with van der Waals surface area (Å²) < 4.78 is 67.0. The van der Waals surface area contributed by atoms with Crippen molar-refractivity contribution >= 4 is 23.5 Å². The Labute approximate surface area is 198 Å². The van der Waals surface area contributed by atoms with Crippen molar-refractivity contribution in [3.05, 3.63) is 53.9 Å². The van der Waals surface area contributed by atoms with Crippen LogP contribution < -0.4 is 11.1 Å². The molecule has 8 nitrogen and oxygen atoms in total. The average molecular weight is 497 g/mol. The van der Waals surface area contributed by atoms with Gasteiger partial charge in [0.05, 0.1) is 25.0 Å². The fourth-order valence-electron chi connectivity index (χ4n) is 3.87. The first-order chi connectivity index (χ1) is 16.4. The molecule has 188 valence electrons. The van der Waals surface area contributed by atoms with Crippen LogP contribution in [0, 0.1) is 5.92 Å². The SMILES string of the molecule is CN=CC(=C(N)C(=O)N1CC(F)(F)C[C@@H](C)C1CNc1cnc(C(F)(F)F)cn1)c1cccnc1. The Kier molecular flexibility index (Phi) is 7.66. The number of amides is 1. The molecule has 0 bridgehead atoms. The number of nitrogens with two attached hydrogens (primary N) is 1. The molecule has 0 spiro atoms. The van der Waals surface area contributed by atoms with Gasteiger partial charge < -0.3 is 16.0 Å². The van der Waals surface area contributed by atoms with E-state index in [9.17, 15) is 26.7 Å². The van der Waals surface area contributed by atoms with E-state index in [1.165, 1.54) is 25.7 Å². The summed E-state index contributed by atoms with van der Waals surface area (Å²) in [7, 11) is 1.48. The zero-order valence-corrected chi connectivity index (χ0v) is 18.9. The highest BCUT2D eigenvalue weighted by Crippen LogP contribution is 2.35. The van der Waals surface area contributed by atoms with Crippen molar-refractivity contribution in [1.29, 1.82) is 0 Å². The van der Waals surface area contributed by atoms with Crippen molar-refractivity contribution < 1.29 is 26.7 Å². The molecule has 1 saturated heterocycles. The Morgan fingerprint density at radius 1 is 1.31 bits per heavy atom. The number of halogens is 5. The number of hydrogen-bond acceptors (Lipinski definition) is 7. The Morgan fingerprint density at radius 2 is 2.06 bits per heavy atom. The van der Waals surface area contributed by atoms with E-state index >= 15 is 0 Å². The first-order valence-electron chi connectivity index (χ1n) is 10.6. The highest BCUT2D eigenvalue weighted by Gasteiger charge is 2.46. The standard InChI is InChI=1S/C22H24F5N7O/c1-13-6-21(23,24)12-34(16(13)9-32-18-11-31-17(10-33-18)22(25,26)27)20(35)19(28)15(8-29-2)14-4-3-5-30-7-14/h3-5,7-8,10-11,13,16H,6,9,12,28H2,1-2H3,(H,32,33)/t13-,16?/m1/s1. The quantitative estimate of drug-likeness (QED) is 0.360. The van der Waals surface area contributed by atoms with E-state index in [1.807, 2.05) is 0 Å². The number of alkyl halides is 5. The molecule has 1 aliphatic heterocycles. The van der Waals surface area contributed by atoms with E-state index in [-0.39, 0.29) is 23.6 Å². The fraction of sp³-hybridized carbons (Fsp3) is 0.409. The lowest BCUT2D eigenvalue weighted by atomic mass is 9.88. The molecule has 35 heavy (non-hydrogen) atoms. The summed E-state index contributed by atoms with van der Waals surface area (Å²) >= 11 is 0. The summed E-state index contributed by atoms with van der Waals surface area (Å²) in [4.78, 5) is 29.2. The van der Waals surface area contributed by atoms with Gasteiger partial charge in [-0.2, -0.15) is 13.2 Å². The molecule has 2 aromatic rings. The molecule has 1 amide bonds. The number of likely N-dealkylation sites (tertiary alicyclic amines) is 1. The molecule has 0 saturated carbocycles. The van der Waals surface area contributed by atoms with Crippen molar-refractivity contribution in [2.75, 3.05) is 25.5 Å². The maximum atomic E-state index is 14.5. The molecule has 1 aliphatic rings. The average Bonchev–Trinajstić information content (AvgIpc) is 2.80. The zero-order valence-electron chi connectivity index (χ0n) is 18.9. The van der Waals surface area contributed by atoms with Gasteiger partial charge in [-0.25, -0.2) is 18.7 Å². The number of carbonyl (C=O) groups is 1. The Hall–Kier alpha value is -3.64. The smallest absolute Gasteiger partial charge is 0.394 e. The second kappa shape index (κ2) is 10.3. The number of aliphatic imine (C=N–C) groups is 1. The Bertz CT molecular complexity index is 1090. The molecule has 2 atom stereocenters. The van der Waals surface area contributed by atoms with Gasteiger partial charge in [0.1, 0.15) is 11.5 Å². The number of anilines is 1. The maximum absolute atomic E-state index is 14.5. The van der Waals surface area contributed by atoms with Crippen LogP contribution in [-0.2, 0) is 11.0 Å². The number of aromatic nitrogens is 3. The molecule has 3 N–H and O–H groups in total. The van der Waals surface area contributed by atoms with Gasteiger partial charge >= 0.3 is 6.18 Å². The monoisotopic (exact) mass is 497 g/mol. The third kappa shape index (κ3) is 6.28. The van der Waals surface area contributed by atoms with Crippen LogP contribution in [0.25, 0.3) is 5.57 Å². The van der Waals surface area contributed by atoms with Gasteiger partial charge in [0.15, 0.2) is 5.69 Å². The molecule has 3 rings (SSSR count). The molecule has 1 unspecified atom stereocenters. The Morgan fingerprint density at radius 3 is 2.63 bits per heavy atom. The van der Waals surface area contributed by atoms with Gasteiger partial charge in [0, 0.05) is 49.8 Å². The van der Waals surface area contributed by atoms with Gasteiger partial charge in [-0.15, -0.1) is 0 Å². The topological polar surface area (TPSA) is 109 Å². The number of hydrogen-bond donors (Lipinski definition) is 2. The number of rotatable bonds is 6. The van der Waals surface area contributed by atoms with Crippen LogP contribution >= 0.6 is 0 Å². The number of allylic oxidation sites excluding steroid dienone is 1. The predicted molar refractivity (Wildman–Crippen MR) is 120 cm³/mol. The van der Waals surface area contributed by atoms with Crippen LogP contribution in [0.2, 0.25) is 0 Å². The summed E-state index contributed by atoms with van der Waals surface area (Å²) in [6, 6.07) is 2.53. The number of nitrogens with one attached hydrogen (secondary N) is 1. The first kappa shape index (κ1) is 26.0. The largest absolute Gasteiger partial charge is 0.434 e. The van der Waals surface area contributed by atoms with Crippen LogP contribution in [0.3, 0.4) is 0 Å². The van der Waals surface area contributed by atoms with Crippen LogP contribution in [0.1, 0.15) is 24.6 Å². The normalized spacial score (nSPS) is 21.1. The van der Waals surface area contributed by atoms with E-state index in [0.29, 0.717) is 11.8 Å². The first-order valence-corrected chi connectivity index (χ1v) is 10.6. The van der Waals surface area contributed by atoms with Crippen LogP contribution in [0.15, 0.2) is 47.6 Å². The van der Waals surface area contributed by atoms with Crippen molar-refractivity contribution in [3.8, 4) is 0 Å². The summed E-state index contributed by atoms with van der Waals surface area (Å²) in [5.41, 5.74) is 5.41. The molecule has 1 fully saturated rings. The summed E-state index contributed by atoms with van der Waals surface area (Å²) in [6.45, 7) is 0.638. The number of piperidine rings is 1. The maximum Gasteiger partial charge on any atom is 0.434 e. The highest BCUT2D eigenvalue weighted by atomic mass is 19.4. The van der Waals surface area contributed by atoms with Crippen molar-refractivity contribution in [1.82, 2.24) is 19.9 Å². The third-order valence-electron chi connectivity index (χ3n) is 5.53.